The Morgan fingerprint density at radius 2 is 2.00 bits per heavy atom. The van der Waals surface area contributed by atoms with Gasteiger partial charge >= 0.3 is 5.97 Å². The van der Waals surface area contributed by atoms with E-state index in [0.717, 1.165) is 6.54 Å². The van der Waals surface area contributed by atoms with Gasteiger partial charge in [-0.15, -0.1) is 0 Å². The van der Waals surface area contributed by atoms with E-state index in [4.69, 9.17) is 9.47 Å². The van der Waals surface area contributed by atoms with Gasteiger partial charge in [-0.3, -0.25) is 4.79 Å². The van der Waals surface area contributed by atoms with Gasteiger partial charge < -0.3 is 14.8 Å². The fourth-order valence-corrected chi connectivity index (χ4v) is 2.99. The van der Waals surface area contributed by atoms with E-state index < -0.39 is 0 Å². The molecule has 0 aliphatic heterocycles. The zero-order chi connectivity index (χ0) is 14.8. The van der Waals surface area contributed by atoms with E-state index in [-0.39, 0.29) is 12.0 Å². The second kappa shape index (κ2) is 10.2. The van der Waals surface area contributed by atoms with Crippen molar-refractivity contribution < 1.29 is 14.3 Å². The molecule has 118 valence electrons. The molecule has 1 aliphatic rings. The molecule has 3 unspecified atom stereocenters. The number of carbonyl (C=O) groups excluding carboxylic acids is 1. The molecule has 0 aromatic rings. The van der Waals surface area contributed by atoms with Crippen molar-refractivity contribution in [3.63, 3.8) is 0 Å². The molecular formula is C16H31NO3. The van der Waals surface area contributed by atoms with Crippen LogP contribution in [0.4, 0.5) is 0 Å². The Morgan fingerprint density at radius 3 is 2.65 bits per heavy atom. The van der Waals surface area contributed by atoms with E-state index >= 15 is 0 Å². The molecule has 1 N–H and O–H groups in total. The molecule has 0 aromatic carbocycles. The Bertz CT molecular complexity index is 270. The zero-order valence-electron chi connectivity index (χ0n) is 13.3. The molecule has 1 rings (SSSR count). The van der Waals surface area contributed by atoms with Gasteiger partial charge in [0.1, 0.15) is 6.04 Å². The minimum Gasteiger partial charge on any atom is -0.465 e. The Kier molecular flexibility index (Phi) is 8.86. The van der Waals surface area contributed by atoms with Crippen molar-refractivity contribution in [3.05, 3.63) is 0 Å². The Morgan fingerprint density at radius 1 is 1.25 bits per heavy atom. The van der Waals surface area contributed by atoms with Gasteiger partial charge in [0.25, 0.3) is 0 Å². The van der Waals surface area contributed by atoms with Gasteiger partial charge in [-0.05, 0) is 38.6 Å². The molecule has 3 atom stereocenters. The molecule has 0 bridgehead atoms. The average Bonchev–Trinajstić information content (AvgIpc) is 2.47. The molecule has 1 saturated carbocycles. The van der Waals surface area contributed by atoms with Crippen molar-refractivity contribution in [3.8, 4) is 0 Å². The van der Waals surface area contributed by atoms with Gasteiger partial charge in [0.15, 0.2) is 0 Å². The highest BCUT2D eigenvalue weighted by atomic mass is 16.5. The number of ether oxygens (including phenoxy) is 2. The van der Waals surface area contributed by atoms with E-state index in [0.29, 0.717) is 31.7 Å². The number of hydrogen-bond donors (Lipinski definition) is 1. The van der Waals surface area contributed by atoms with Crippen LogP contribution in [0.15, 0.2) is 0 Å². The van der Waals surface area contributed by atoms with Crippen LogP contribution in [0.5, 0.6) is 0 Å². The quantitative estimate of drug-likeness (QED) is 0.662. The predicted octanol–water partition coefficient (Wildman–Crippen LogP) is 2.90. The summed E-state index contributed by atoms with van der Waals surface area (Å²) in [4.78, 5) is 11.8. The van der Waals surface area contributed by atoms with Crippen LogP contribution >= 0.6 is 0 Å². The number of carbonyl (C=O) groups is 1. The SMILES string of the molecule is CCNC(CCOC1CCCCC1CC)C(=O)OCC. The summed E-state index contributed by atoms with van der Waals surface area (Å²) in [5, 5.41) is 3.18. The third kappa shape index (κ3) is 5.80. The Balaban J connectivity index is 2.33. The van der Waals surface area contributed by atoms with Crippen LogP contribution in [0.2, 0.25) is 0 Å². The molecule has 4 heteroatoms. The molecule has 1 fully saturated rings. The molecule has 1 aliphatic carbocycles. The van der Waals surface area contributed by atoms with Crippen LogP contribution < -0.4 is 5.32 Å². The van der Waals surface area contributed by atoms with Gasteiger partial charge in [-0.1, -0.05) is 33.1 Å². The van der Waals surface area contributed by atoms with E-state index in [1.165, 1.54) is 32.1 Å². The average molecular weight is 285 g/mol. The monoisotopic (exact) mass is 285 g/mol. The normalized spacial score (nSPS) is 24.4. The van der Waals surface area contributed by atoms with Crippen molar-refractivity contribution in [1.29, 1.82) is 0 Å². The molecule has 0 amide bonds. The summed E-state index contributed by atoms with van der Waals surface area (Å²) in [7, 11) is 0. The van der Waals surface area contributed by atoms with E-state index in [1.807, 2.05) is 13.8 Å². The number of rotatable bonds is 9. The third-order valence-corrected chi connectivity index (χ3v) is 4.12. The highest BCUT2D eigenvalue weighted by Crippen LogP contribution is 2.29. The molecular weight excluding hydrogens is 254 g/mol. The lowest BCUT2D eigenvalue weighted by atomic mass is 9.85. The summed E-state index contributed by atoms with van der Waals surface area (Å²) in [6, 6.07) is -0.233. The first-order valence-corrected chi connectivity index (χ1v) is 8.24. The molecule has 4 nitrogen and oxygen atoms in total. The van der Waals surface area contributed by atoms with E-state index in [2.05, 4.69) is 12.2 Å². The van der Waals surface area contributed by atoms with Crippen molar-refractivity contribution in [2.24, 2.45) is 5.92 Å². The first-order valence-electron chi connectivity index (χ1n) is 8.24. The molecule has 0 aromatic heterocycles. The minimum atomic E-state index is -0.233. The molecule has 20 heavy (non-hydrogen) atoms. The maximum Gasteiger partial charge on any atom is 0.323 e. The molecule has 0 spiro atoms. The van der Waals surface area contributed by atoms with Gasteiger partial charge in [0, 0.05) is 6.61 Å². The largest absolute Gasteiger partial charge is 0.465 e. The van der Waals surface area contributed by atoms with Gasteiger partial charge in [-0.2, -0.15) is 0 Å². The number of likely N-dealkylation sites (N-methyl/N-ethyl adjacent to an activating group) is 1. The Labute approximate surface area is 123 Å². The summed E-state index contributed by atoms with van der Waals surface area (Å²) in [6.07, 6.45) is 7.34. The van der Waals surface area contributed by atoms with Crippen molar-refractivity contribution in [2.75, 3.05) is 19.8 Å². The summed E-state index contributed by atoms with van der Waals surface area (Å²) in [5.74, 6) is 0.539. The lowest BCUT2D eigenvalue weighted by Crippen LogP contribution is -2.39. The van der Waals surface area contributed by atoms with Crippen molar-refractivity contribution in [2.45, 2.75) is 71.4 Å². The van der Waals surface area contributed by atoms with Crippen LogP contribution in [0, 0.1) is 5.92 Å². The van der Waals surface area contributed by atoms with E-state index in [1.54, 1.807) is 0 Å². The minimum absolute atomic E-state index is 0.159. The van der Waals surface area contributed by atoms with Crippen LogP contribution in [0.1, 0.15) is 59.3 Å². The molecule has 0 radical (unpaired) electrons. The van der Waals surface area contributed by atoms with Crippen molar-refractivity contribution in [1.82, 2.24) is 5.32 Å². The lowest BCUT2D eigenvalue weighted by Gasteiger charge is -2.31. The standard InChI is InChI=1S/C16H31NO3/c1-4-13-9-7-8-10-15(13)20-12-11-14(17-5-2)16(18)19-6-3/h13-15,17H,4-12H2,1-3H3. The first-order chi connectivity index (χ1) is 9.72. The molecule has 0 heterocycles. The summed E-state index contributed by atoms with van der Waals surface area (Å²) in [5.41, 5.74) is 0. The van der Waals surface area contributed by atoms with Crippen LogP contribution in [0.25, 0.3) is 0 Å². The van der Waals surface area contributed by atoms with Gasteiger partial charge in [-0.25, -0.2) is 0 Å². The topological polar surface area (TPSA) is 47.6 Å². The maximum absolute atomic E-state index is 11.8. The second-order valence-corrected chi connectivity index (χ2v) is 5.51. The number of nitrogens with one attached hydrogen (secondary N) is 1. The fourth-order valence-electron chi connectivity index (χ4n) is 2.99. The van der Waals surface area contributed by atoms with E-state index in [9.17, 15) is 4.79 Å². The maximum atomic E-state index is 11.8. The summed E-state index contributed by atoms with van der Waals surface area (Å²) < 4.78 is 11.1. The summed E-state index contributed by atoms with van der Waals surface area (Å²) in [6.45, 7) is 7.92. The highest BCUT2D eigenvalue weighted by molar-refractivity contribution is 5.75. The third-order valence-electron chi connectivity index (χ3n) is 4.12. The first kappa shape index (κ1) is 17.4. The van der Waals surface area contributed by atoms with Crippen molar-refractivity contribution >= 4 is 5.97 Å². The molecule has 0 saturated heterocycles. The smallest absolute Gasteiger partial charge is 0.323 e. The highest BCUT2D eigenvalue weighted by Gasteiger charge is 2.25. The van der Waals surface area contributed by atoms with Crippen LogP contribution in [-0.4, -0.2) is 37.9 Å². The van der Waals surface area contributed by atoms with Gasteiger partial charge in [0.2, 0.25) is 0 Å². The predicted molar refractivity (Wildman–Crippen MR) is 80.7 cm³/mol. The number of hydrogen-bond acceptors (Lipinski definition) is 4. The second-order valence-electron chi connectivity index (χ2n) is 5.51. The summed E-state index contributed by atoms with van der Waals surface area (Å²) >= 11 is 0. The Hall–Kier alpha value is -0.610. The van der Waals surface area contributed by atoms with Crippen LogP contribution in [0.3, 0.4) is 0 Å². The van der Waals surface area contributed by atoms with Crippen LogP contribution in [-0.2, 0) is 14.3 Å². The van der Waals surface area contributed by atoms with Gasteiger partial charge in [0.05, 0.1) is 12.7 Å². The zero-order valence-corrected chi connectivity index (χ0v) is 13.3. The number of esters is 1. The fraction of sp³-hybridized carbons (Fsp3) is 0.938. The lowest BCUT2D eigenvalue weighted by molar-refractivity contribution is -0.146.